The number of carboxylic acids is 1. The number of anilines is 1. The summed E-state index contributed by atoms with van der Waals surface area (Å²) < 4.78 is 33.5. The second-order valence-corrected chi connectivity index (χ2v) is 9.19. The summed E-state index contributed by atoms with van der Waals surface area (Å²) in [5.74, 6) is -3.00. The summed E-state index contributed by atoms with van der Waals surface area (Å²) >= 11 is 6.58. The number of carbonyl (C=O) groups excluding carboxylic acids is 2. The topological polar surface area (TPSA) is 129 Å². The molecule has 200 valence electrons. The molecule has 2 aliphatic heterocycles. The highest BCUT2D eigenvalue weighted by Gasteiger charge is 2.48. The van der Waals surface area contributed by atoms with Crippen molar-refractivity contribution in [3.63, 3.8) is 0 Å². The number of rotatable bonds is 3. The Bertz CT molecular complexity index is 1370. The molecule has 0 saturated carbocycles. The Hall–Kier alpha value is -4.13. The third-order valence-electron chi connectivity index (χ3n) is 6.30. The molecule has 1 aromatic carbocycles. The molecule has 0 aliphatic carbocycles. The number of nitrogens with one attached hydrogen (secondary N) is 2. The van der Waals surface area contributed by atoms with Gasteiger partial charge < -0.3 is 15.3 Å². The van der Waals surface area contributed by atoms with Crippen LogP contribution in [0.4, 0.5) is 23.7 Å². The van der Waals surface area contributed by atoms with E-state index in [-0.39, 0.29) is 5.91 Å². The maximum Gasteiger partial charge on any atom is 0.490 e. The van der Waals surface area contributed by atoms with Gasteiger partial charge in [-0.2, -0.15) is 18.3 Å². The summed E-state index contributed by atoms with van der Waals surface area (Å²) in [6.45, 7) is 1.19. The number of halogens is 4. The Balaban J connectivity index is 0.000000426. The second-order valence-electron chi connectivity index (χ2n) is 8.78. The Labute approximate surface area is 219 Å². The number of nitrogens with zero attached hydrogens (tertiary/aromatic N) is 4. The molecule has 0 bridgehead atoms. The molecule has 4 heterocycles. The number of urea groups is 1. The van der Waals surface area contributed by atoms with Crippen LogP contribution in [-0.4, -0.2) is 62.6 Å². The molecule has 1 spiro atoms. The first-order valence-electron chi connectivity index (χ1n) is 11.3. The summed E-state index contributed by atoms with van der Waals surface area (Å²) in [5.41, 5.74) is 4.14. The van der Waals surface area contributed by atoms with Gasteiger partial charge in [0, 0.05) is 49.9 Å². The van der Waals surface area contributed by atoms with E-state index in [0.717, 1.165) is 27.9 Å². The molecule has 0 radical (unpaired) electrons. The van der Waals surface area contributed by atoms with Crippen molar-refractivity contribution in [1.29, 1.82) is 0 Å². The highest BCUT2D eigenvalue weighted by atomic mass is 35.5. The zero-order chi connectivity index (χ0) is 27.7. The average molecular weight is 551 g/mol. The molecule has 3 aromatic rings. The van der Waals surface area contributed by atoms with Gasteiger partial charge in [0.1, 0.15) is 5.54 Å². The lowest BCUT2D eigenvalue weighted by atomic mass is 9.87. The normalized spacial score (nSPS) is 16.5. The van der Waals surface area contributed by atoms with Gasteiger partial charge in [-0.15, -0.1) is 0 Å². The number of aromatic nitrogens is 3. The van der Waals surface area contributed by atoms with E-state index in [9.17, 15) is 22.8 Å². The monoisotopic (exact) mass is 550 g/mol. The fourth-order valence-corrected chi connectivity index (χ4v) is 4.64. The van der Waals surface area contributed by atoms with E-state index in [2.05, 4.69) is 49.9 Å². The predicted molar refractivity (Wildman–Crippen MR) is 131 cm³/mol. The maximum absolute atomic E-state index is 12.3. The highest BCUT2D eigenvalue weighted by molar-refractivity contribution is 6.33. The number of carbonyl (C=O) groups is 3. The van der Waals surface area contributed by atoms with Gasteiger partial charge in [-0.05, 0) is 24.0 Å². The first-order chi connectivity index (χ1) is 17.9. The smallest absolute Gasteiger partial charge is 0.475 e. The van der Waals surface area contributed by atoms with Crippen LogP contribution in [0, 0.1) is 0 Å². The van der Waals surface area contributed by atoms with Gasteiger partial charge in [-0.1, -0.05) is 35.9 Å². The Morgan fingerprint density at radius 3 is 2.16 bits per heavy atom. The Kier molecular flexibility index (Phi) is 7.31. The van der Waals surface area contributed by atoms with Crippen LogP contribution in [-0.2, 0) is 16.6 Å². The molecule has 2 saturated heterocycles. The van der Waals surface area contributed by atoms with E-state index in [1.165, 1.54) is 0 Å². The van der Waals surface area contributed by atoms with Gasteiger partial charge in [0.25, 0.3) is 5.91 Å². The van der Waals surface area contributed by atoms with Gasteiger partial charge in [-0.25, -0.2) is 9.59 Å². The molecule has 3 N–H and O–H groups in total. The Morgan fingerprint density at radius 1 is 1.05 bits per heavy atom. The van der Waals surface area contributed by atoms with E-state index in [1.807, 2.05) is 25.6 Å². The molecule has 0 atom stereocenters. The number of benzene rings is 1. The van der Waals surface area contributed by atoms with Gasteiger partial charge in [-0.3, -0.25) is 19.8 Å². The van der Waals surface area contributed by atoms with Crippen LogP contribution in [0.5, 0.6) is 0 Å². The van der Waals surface area contributed by atoms with Crippen molar-refractivity contribution in [1.82, 2.24) is 25.4 Å². The standard InChI is InChI=1S/C22H21ClN6O2.C2HF3O2/c1-28-13-16(10-25-28)14-2-4-15(5-3-14)17-11-24-12-18(23)19(17)29-8-6-22(7-9-29)20(30)26-21(31)27-22;3-2(4,5)1(6)7/h2-5,10-13H,6-9H2,1H3,(H2,26,27,30,31);(H,6,7). The van der Waals surface area contributed by atoms with Crippen molar-refractivity contribution >= 4 is 35.2 Å². The minimum atomic E-state index is -5.08. The number of carboxylic acid groups (broad SMARTS) is 1. The maximum atomic E-state index is 12.3. The lowest BCUT2D eigenvalue weighted by Crippen LogP contribution is -2.55. The molecular weight excluding hydrogens is 529 g/mol. The first kappa shape index (κ1) is 26.9. The summed E-state index contributed by atoms with van der Waals surface area (Å²) in [7, 11) is 1.89. The molecule has 14 heteroatoms. The van der Waals surface area contributed by atoms with Gasteiger partial charge >= 0.3 is 18.2 Å². The van der Waals surface area contributed by atoms with Gasteiger partial charge in [0.15, 0.2) is 0 Å². The van der Waals surface area contributed by atoms with Crippen LogP contribution >= 0.6 is 11.6 Å². The average Bonchev–Trinajstić information content (AvgIpc) is 3.41. The number of amides is 3. The second kappa shape index (κ2) is 10.3. The number of piperidine rings is 1. The summed E-state index contributed by atoms with van der Waals surface area (Å²) in [6, 6.07) is 7.79. The predicted octanol–water partition coefficient (Wildman–Crippen LogP) is 3.61. The van der Waals surface area contributed by atoms with Crippen molar-refractivity contribution in [2.45, 2.75) is 24.6 Å². The fraction of sp³-hybridized carbons (Fsp3) is 0.292. The number of hydrogen-bond acceptors (Lipinski definition) is 6. The van der Waals surface area contributed by atoms with E-state index < -0.39 is 23.7 Å². The zero-order valence-corrected chi connectivity index (χ0v) is 20.7. The molecule has 0 unspecified atom stereocenters. The van der Waals surface area contributed by atoms with Crippen LogP contribution in [0.2, 0.25) is 5.02 Å². The molecule has 38 heavy (non-hydrogen) atoms. The molecule has 2 aliphatic rings. The lowest BCUT2D eigenvalue weighted by molar-refractivity contribution is -0.192. The van der Waals surface area contributed by atoms with Crippen molar-refractivity contribution < 1.29 is 32.7 Å². The van der Waals surface area contributed by atoms with Crippen LogP contribution in [0.3, 0.4) is 0 Å². The van der Waals surface area contributed by atoms with Crippen LogP contribution in [0.1, 0.15) is 12.8 Å². The Morgan fingerprint density at radius 2 is 1.66 bits per heavy atom. The minimum Gasteiger partial charge on any atom is -0.475 e. The largest absolute Gasteiger partial charge is 0.490 e. The molecule has 2 aromatic heterocycles. The van der Waals surface area contributed by atoms with Gasteiger partial charge in [0.2, 0.25) is 0 Å². The quantitative estimate of drug-likeness (QED) is 0.425. The molecule has 10 nitrogen and oxygen atoms in total. The van der Waals surface area contributed by atoms with Crippen molar-refractivity contribution in [2.24, 2.45) is 7.05 Å². The first-order valence-corrected chi connectivity index (χ1v) is 11.7. The minimum absolute atomic E-state index is 0.246. The van der Waals surface area contributed by atoms with Crippen LogP contribution < -0.4 is 15.5 Å². The number of alkyl halides is 3. The number of pyridine rings is 1. The lowest BCUT2D eigenvalue weighted by Gasteiger charge is -2.39. The fourth-order valence-electron chi connectivity index (χ4n) is 4.37. The van der Waals surface area contributed by atoms with Crippen molar-refractivity contribution in [3.05, 3.63) is 54.1 Å². The number of aryl methyl sites for hydroxylation is 1. The van der Waals surface area contributed by atoms with E-state index in [4.69, 9.17) is 21.5 Å². The highest BCUT2D eigenvalue weighted by Crippen LogP contribution is 2.39. The van der Waals surface area contributed by atoms with Crippen LogP contribution in [0.25, 0.3) is 22.3 Å². The zero-order valence-electron chi connectivity index (χ0n) is 19.9. The number of hydrogen-bond donors (Lipinski definition) is 3. The number of imide groups is 1. The van der Waals surface area contributed by atoms with Crippen molar-refractivity contribution in [2.75, 3.05) is 18.0 Å². The van der Waals surface area contributed by atoms with E-state index in [0.29, 0.717) is 31.0 Å². The van der Waals surface area contributed by atoms with Gasteiger partial charge in [0.05, 0.1) is 16.9 Å². The molecular formula is C24H22ClF3N6O4. The van der Waals surface area contributed by atoms with E-state index >= 15 is 0 Å². The molecule has 5 rings (SSSR count). The third-order valence-corrected chi connectivity index (χ3v) is 6.57. The van der Waals surface area contributed by atoms with Crippen molar-refractivity contribution in [3.8, 4) is 22.3 Å². The molecule has 2 fully saturated rings. The van der Waals surface area contributed by atoms with Crippen LogP contribution in [0.15, 0.2) is 49.1 Å². The number of aliphatic carboxylic acids is 1. The van der Waals surface area contributed by atoms with E-state index in [1.54, 1.807) is 10.9 Å². The summed E-state index contributed by atoms with van der Waals surface area (Å²) in [4.78, 5) is 39.2. The molecule has 3 amide bonds. The third kappa shape index (κ3) is 5.57. The summed E-state index contributed by atoms with van der Waals surface area (Å²) in [6.07, 6.45) is 3.21. The summed E-state index contributed by atoms with van der Waals surface area (Å²) in [5, 5.41) is 17.1. The SMILES string of the molecule is Cn1cc(-c2ccc(-c3cncc(Cl)c3N3CCC4(CC3)NC(=O)NC4=O)cc2)cn1.O=C(O)C(F)(F)F.